The third-order valence-corrected chi connectivity index (χ3v) is 8.60. The minimum Gasteiger partial charge on any atom is -0.379 e. The van der Waals surface area contributed by atoms with Crippen LogP contribution < -0.4 is 11.1 Å². The minimum absolute atomic E-state index is 0.0270. The number of aromatic nitrogens is 2. The van der Waals surface area contributed by atoms with Crippen molar-refractivity contribution < 1.29 is 32.3 Å². The third-order valence-electron chi connectivity index (χ3n) is 7.68. The lowest BCUT2D eigenvalue weighted by molar-refractivity contribution is -0.137. The number of carbonyl (C=O) groups is 3. The van der Waals surface area contributed by atoms with E-state index in [0.29, 0.717) is 37.4 Å². The highest BCUT2D eigenvalue weighted by Crippen LogP contribution is 2.40. The Morgan fingerprint density at radius 1 is 1.18 bits per heavy atom. The first-order valence-electron chi connectivity index (χ1n) is 13.8. The van der Waals surface area contributed by atoms with Gasteiger partial charge in [0.2, 0.25) is 11.8 Å². The van der Waals surface area contributed by atoms with Gasteiger partial charge in [0.1, 0.15) is 0 Å². The van der Waals surface area contributed by atoms with Crippen LogP contribution in [0.4, 0.5) is 19.0 Å². The molecule has 0 radical (unpaired) electrons. The Hall–Kier alpha value is -4.27. The van der Waals surface area contributed by atoms with Crippen LogP contribution in [-0.4, -0.2) is 83.7 Å². The molecule has 3 heterocycles. The number of nitrogens with one attached hydrogen (secondary N) is 1. The van der Waals surface area contributed by atoms with Crippen molar-refractivity contribution in [2.45, 2.75) is 18.0 Å². The topological polar surface area (TPSA) is 123 Å². The number of nitrogens with two attached hydrogens (primary N) is 1. The molecule has 1 aliphatic carbocycles. The Morgan fingerprint density at radius 2 is 1.95 bits per heavy atom. The van der Waals surface area contributed by atoms with E-state index in [2.05, 4.69) is 15.3 Å². The minimum atomic E-state index is -4.52. The Morgan fingerprint density at radius 3 is 2.68 bits per heavy atom. The van der Waals surface area contributed by atoms with Crippen LogP contribution in [-0.2, 0) is 25.9 Å². The molecule has 232 valence electrons. The Kier molecular flexibility index (Phi) is 9.04. The lowest BCUT2D eigenvalue weighted by Gasteiger charge is -2.33. The number of morpholine rings is 1. The maximum absolute atomic E-state index is 13.4. The van der Waals surface area contributed by atoms with Crippen LogP contribution in [0, 0.1) is 0 Å². The van der Waals surface area contributed by atoms with Crippen molar-refractivity contribution in [1.82, 2.24) is 19.6 Å². The number of nitrogens with zero attached hydrogens (tertiary/aromatic N) is 4. The number of benzene rings is 1. The summed E-state index contributed by atoms with van der Waals surface area (Å²) in [4.78, 5) is 43.8. The largest absolute Gasteiger partial charge is 0.416 e. The average molecular weight is 629 g/mol. The van der Waals surface area contributed by atoms with E-state index < -0.39 is 29.0 Å². The number of likely N-dealkylation sites (N-methyl/N-ethyl adjacent to an activating group) is 1. The number of amides is 3. The molecule has 3 aromatic rings. The Balaban J connectivity index is 1.31. The lowest BCUT2D eigenvalue weighted by atomic mass is 9.72. The zero-order valence-electron chi connectivity index (χ0n) is 23.8. The van der Waals surface area contributed by atoms with Crippen molar-refractivity contribution in [1.29, 1.82) is 0 Å². The number of thiophene rings is 1. The molecule has 44 heavy (non-hydrogen) atoms. The van der Waals surface area contributed by atoms with Crippen LogP contribution in [0.2, 0.25) is 0 Å². The second-order valence-corrected chi connectivity index (χ2v) is 11.5. The molecule has 2 aromatic heterocycles. The first-order valence-corrected chi connectivity index (χ1v) is 14.7. The van der Waals surface area contributed by atoms with Gasteiger partial charge in [-0.3, -0.25) is 19.3 Å². The Bertz CT molecular complexity index is 1610. The summed E-state index contributed by atoms with van der Waals surface area (Å²) in [6.45, 7) is 4.09. The van der Waals surface area contributed by atoms with Crippen LogP contribution in [0.5, 0.6) is 0 Å². The summed E-state index contributed by atoms with van der Waals surface area (Å²) < 4.78 is 46.1. The number of primary amides is 1. The predicted octanol–water partition coefficient (Wildman–Crippen LogP) is 3.60. The summed E-state index contributed by atoms with van der Waals surface area (Å²) in [5.74, 6) is -1.45. The molecular formula is C30H31F3N6O4S. The molecule has 0 bridgehead atoms. The molecule has 10 nitrogen and oxygen atoms in total. The molecule has 1 fully saturated rings. The van der Waals surface area contributed by atoms with Crippen molar-refractivity contribution in [3.8, 4) is 5.69 Å². The maximum Gasteiger partial charge on any atom is 0.416 e. The van der Waals surface area contributed by atoms with Crippen molar-refractivity contribution in [2.75, 3.05) is 51.8 Å². The quantitative estimate of drug-likeness (QED) is 0.374. The normalized spacial score (nSPS) is 19.0. The number of hydrogen-bond acceptors (Lipinski definition) is 7. The number of allylic oxidation sites excluding steroid dienone is 2. The maximum atomic E-state index is 13.4. The predicted molar refractivity (Wildman–Crippen MR) is 158 cm³/mol. The van der Waals surface area contributed by atoms with Gasteiger partial charge in [0.15, 0.2) is 5.82 Å². The van der Waals surface area contributed by atoms with Gasteiger partial charge in [0.25, 0.3) is 5.91 Å². The van der Waals surface area contributed by atoms with Crippen LogP contribution in [0.1, 0.15) is 27.2 Å². The van der Waals surface area contributed by atoms with E-state index >= 15 is 0 Å². The second kappa shape index (κ2) is 12.8. The van der Waals surface area contributed by atoms with E-state index in [9.17, 15) is 27.6 Å². The zero-order chi connectivity index (χ0) is 31.5. The Labute approximate surface area is 255 Å². The van der Waals surface area contributed by atoms with E-state index in [1.165, 1.54) is 29.1 Å². The molecule has 3 amide bonds. The standard InChI is InChI=1S/C30H31F3N6O4S/c1-37(11-12-38-13-15-43-16-14-38)27(41)20-4-3-9-29(19-20,28(34)42)23-8-17-44-25(23)26(40)35-24-7-10-39(36-24)22-6-2-5-21(18-22)30(31,32)33/h2-10,17-18H,11-16,19H2,1H3,(H2,34,42)(H,35,36,40). The summed E-state index contributed by atoms with van der Waals surface area (Å²) in [5.41, 5.74) is 4.55. The molecule has 0 saturated carbocycles. The van der Waals surface area contributed by atoms with Crippen molar-refractivity contribution in [3.63, 3.8) is 0 Å². The molecule has 1 atom stereocenters. The highest BCUT2D eigenvalue weighted by molar-refractivity contribution is 7.12. The average Bonchev–Trinajstić information content (AvgIpc) is 3.70. The first-order chi connectivity index (χ1) is 21.0. The number of rotatable bonds is 9. The van der Waals surface area contributed by atoms with Gasteiger partial charge in [-0.05, 0) is 41.6 Å². The van der Waals surface area contributed by atoms with Gasteiger partial charge in [-0.25, -0.2) is 4.68 Å². The van der Waals surface area contributed by atoms with Crippen LogP contribution >= 0.6 is 11.3 Å². The van der Waals surface area contributed by atoms with E-state index in [1.807, 2.05) is 0 Å². The molecule has 3 N–H and O–H groups in total. The molecule has 1 saturated heterocycles. The smallest absolute Gasteiger partial charge is 0.379 e. The molecule has 1 unspecified atom stereocenters. The highest BCUT2D eigenvalue weighted by atomic mass is 32.1. The van der Waals surface area contributed by atoms with Gasteiger partial charge in [-0.2, -0.15) is 18.3 Å². The van der Waals surface area contributed by atoms with Crippen molar-refractivity contribution >= 4 is 34.9 Å². The molecule has 0 spiro atoms. The number of halogens is 3. The summed E-state index contributed by atoms with van der Waals surface area (Å²) in [7, 11) is 1.70. The number of hydrogen-bond donors (Lipinski definition) is 2. The third kappa shape index (κ3) is 6.61. The number of carbonyl (C=O) groups excluding carboxylic acids is 3. The number of alkyl halides is 3. The monoisotopic (exact) mass is 628 g/mol. The fraction of sp³-hybridized carbons (Fsp3) is 0.333. The van der Waals surface area contributed by atoms with E-state index in [0.717, 1.165) is 36.6 Å². The van der Waals surface area contributed by atoms with Gasteiger partial charge in [-0.15, -0.1) is 11.3 Å². The fourth-order valence-corrected chi connectivity index (χ4v) is 6.09. The van der Waals surface area contributed by atoms with E-state index in [1.54, 1.807) is 41.6 Å². The second-order valence-electron chi connectivity index (χ2n) is 10.6. The van der Waals surface area contributed by atoms with Crippen LogP contribution in [0.3, 0.4) is 0 Å². The van der Waals surface area contributed by atoms with Gasteiger partial charge in [0, 0.05) is 51.1 Å². The van der Waals surface area contributed by atoms with Crippen LogP contribution in [0.15, 0.2) is 71.8 Å². The highest BCUT2D eigenvalue weighted by Gasteiger charge is 2.43. The first kappa shape index (κ1) is 31.2. The number of anilines is 1. The fourth-order valence-electron chi connectivity index (χ4n) is 5.21. The van der Waals surface area contributed by atoms with Gasteiger partial charge in [0.05, 0.1) is 34.8 Å². The van der Waals surface area contributed by atoms with Gasteiger partial charge in [-0.1, -0.05) is 24.3 Å². The van der Waals surface area contributed by atoms with Gasteiger partial charge >= 0.3 is 6.18 Å². The van der Waals surface area contributed by atoms with Crippen molar-refractivity contribution in [2.24, 2.45) is 5.73 Å². The summed E-state index contributed by atoms with van der Waals surface area (Å²) in [6, 6.07) is 7.72. The number of ether oxygens (including phenoxy) is 1. The van der Waals surface area contributed by atoms with Gasteiger partial charge < -0.3 is 20.7 Å². The molecule has 2 aliphatic rings. The van der Waals surface area contributed by atoms with E-state index in [4.69, 9.17) is 10.5 Å². The summed E-state index contributed by atoms with van der Waals surface area (Å²) >= 11 is 1.09. The van der Waals surface area contributed by atoms with E-state index in [-0.39, 0.29) is 28.7 Å². The molecular weight excluding hydrogens is 597 g/mol. The molecule has 1 aliphatic heterocycles. The van der Waals surface area contributed by atoms with Crippen molar-refractivity contribution in [3.05, 3.63) is 87.8 Å². The SMILES string of the molecule is CN(CCN1CCOCC1)C(=O)C1=CC=CC(C(N)=O)(c2ccsc2C(=O)Nc2ccn(-c3cccc(C(F)(F)F)c3)n2)C1. The molecule has 14 heteroatoms. The summed E-state index contributed by atoms with van der Waals surface area (Å²) in [6.07, 6.45) is 1.74. The van der Waals surface area contributed by atoms with Crippen LogP contribution in [0.25, 0.3) is 5.69 Å². The molecule has 5 rings (SSSR count). The molecule has 1 aromatic carbocycles. The summed E-state index contributed by atoms with van der Waals surface area (Å²) in [5, 5.41) is 8.50. The lowest BCUT2D eigenvalue weighted by Crippen LogP contribution is -2.45. The zero-order valence-corrected chi connectivity index (χ0v) is 24.7.